The van der Waals surface area contributed by atoms with Crippen molar-refractivity contribution in [3.8, 4) is 0 Å². The van der Waals surface area contributed by atoms with Crippen molar-refractivity contribution in [1.82, 2.24) is 14.5 Å². The van der Waals surface area contributed by atoms with Gasteiger partial charge in [-0.25, -0.2) is 4.98 Å². The van der Waals surface area contributed by atoms with E-state index in [1.165, 1.54) is 0 Å². The normalized spacial score (nSPS) is 12.9. The Morgan fingerprint density at radius 2 is 1.94 bits per heavy atom. The molecule has 0 aromatic carbocycles. The maximum absolute atomic E-state index is 10.2. The van der Waals surface area contributed by atoms with Gasteiger partial charge < -0.3 is 9.67 Å². The first kappa shape index (κ1) is 11.8. The van der Waals surface area contributed by atoms with Crippen molar-refractivity contribution in [2.45, 2.75) is 32.4 Å². The third-order valence-electron chi connectivity index (χ3n) is 2.77. The zero-order chi connectivity index (χ0) is 12.3. The summed E-state index contributed by atoms with van der Waals surface area (Å²) in [6.45, 7) is 4.15. The van der Waals surface area contributed by atoms with Gasteiger partial charge in [0.05, 0.1) is 24.3 Å². The maximum Gasteiger partial charge on any atom is 0.0996 e. The molecule has 0 amide bonds. The van der Waals surface area contributed by atoms with Crippen molar-refractivity contribution in [2.75, 3.05) is 0 Å². The van der Waals surface area contributed by atoms with Gasteiger partial charge >= 0.3 is 0 Å². The largest absolute Gasteiger partial charge is 0.386 e. The molecule has 2 heterocycles. The third kappa shape index (κ3) is 2.71. The molecule has 0 spiro atoms. The SMILES string of the molecule is CC(C)n1cncc1C(O)Cc1ccncc1. The Morgan fingerprint density at radius 3 is 2.59 bits per heavy atom. The number of aliphatic hydroxyl groups excluding tert-OH is 1. The monoisotopic (exact) mass is 231 g/mol. The van der Waals surface area contributed by atoms with Crippen LogP contribution in [0.4, 0.5) is 0 Å². The number of imidazole rings is 1. The molecule has 2 aromatic heterocycles. The van der Waals surface area contributed by atoms with Crippen LogP contribution in [0.1, 0.15) is 37.3 Å². The van der Waals surface area contributed by atoms with Crippen LogP contribution < -0.4 is 0 Å². The quantitative estimate of drug-likeness (QED) is 0.877. The van der Waals surface area contributed by atoms with E-state index in [1.807, 2.05) is 16.7 Å². The Labute approximate surface area is 101 Å². The Morgan fingerprint density at radius 1 is 1.24 bits per heavy atom. The van der Waals surface area contributed by atoms with Crippen molar-refractivity contribution < 1.29 is 5.11 Å². The minimum atomic E-state index is -0.526. The maximum atomic E-state index is 10.2. The molecule has 17 heavy (non-hydrogen) atoms. The standard InChI is InChI=1S/C13H17N3O/c1-10(2)16-9-15-8-12(16)13(17)7-11-3-5-14-6-4-11/h3-6,8-10,13,17H,7H2,1-2H3. The summed E-state index contributed by atoms with van der Waals surface area (Å²) in [7, 11) is 0. The second-order valence-electron chi connectivity index (χ2n) is 4.39. The van der Waals surface area contributed by atoms with Crippen LogP contribution >= 0.6 is 0 Å². The van der Waals surface area contributed by atoms with Gasteiger partial charge in [-0.1, -0.05) is 0 Å². The van der Waals surface area contributed by atoms with Crippen LogP contribution in [0.3, 0.4) is 0 Å². The highest BCUT2D eigenvalue weighted by Gasteiger charge is 2.14. The fourth-order valence-electron chi connectivity index (χ4n) is 1.85. The average molecular weight is 231 g/mol. The highest BCUT2D eigenvalue weighted by atomic mass is 16.3. The second-order valence-corrected chi connectivity index (χ2v) is 4.39. The first-order valence-corrected chi connectivity index (χ1v) is 5.77. The van der Waals surface area contributed by atoms with E-state index in [1.54, 1.807) is 24.9 Å². The van der Waals surface area contributed by atoms with Crippen molar-refractivity contribution in [3.63, 3.8) is 0 Å². The van der Waals surface area contributed by atoms with Crippen molar-refractivity contribution >= 4 is 0 Å². The molecule has 2 rings (SSSR count). The molecule has 0 radical (unpaired) electrons. The predicted octanol–water partition coefficient (Wildman–Crippen LogP) is 2.14. The number of aliphatic hydroxyl groups is 1. The zero-order valence-electron chi connectivity index (χ0n) is 10.1. The highest BCUT2D eigenvalue weighted by molar-refractivity contribution is 5.14. The van der Waals surface area contributed by atoms with E-state index in [0.29, 0.717) is 12.5 Å². The molecule has 0 aliphatic carbocycles. The van der Waals surface area contributed by atoms with Crippen LogP contribution in [0.5, 0.6) is 0 Å². The molecule has 2 aromatic rings. The van der Waals surface area contributed by atoms with Gasteiger partial charge in [0.25, 0.3) is 0 Å². The Balaban J connectivity index is 2.15. The molecular weight excluding hydrogens is 214 g/mol. The van der Waals surface area contributed by atoms with Crippen molar-refractivity contribution in [1.29, 1.82) is 0 Å². The number of rotatable bonds is 4. The number of pyridine rings is 1. The molecular formula is C13H17N3O. The van der Waals surface area contributed by atoms with Gasteiger partial charge in [0, 0.05) is 24.9 Å². The van der Waals surface area contributed by atoms with Gasteiger partial charge in [0.15, 0.2) is 0 Å². The lowest BCUT2D eigenvalue weighted by Crippen LogP contribution is -2.10. The summed E-state index contributed by atoms with van der Waals surface area (Å²) in [6, 6.07) is 4.14. The summed E-state index contributed by atoms with van der Waals surface area (Å²) in [5, 5.41) is 10.2. The minimum Gasteiger partial charge on any atom is -0.386 e. The predicted molar refractivity (Wildman–Crippen MR) is 65.5 cm³/mol. The molecule has 0 bridgehead atoms. The van der Waals surface area contributed by atoms with E-state index >= 15 is 0 Å². The summed E-state index contributed by atoms with van der Waals surface area (Å²) < 4.78 is 1.99. The second kappa shape index (κ2) is 5.10. The fourth-order valence-corrected chi connectivity index (χ4v) is 1.85. The Bertz CT molecular complexity index is 465. The lowest BCUT2D eigenvalue weighted by atomic mass is 10.1. The number of hydrogen-bond acceptors (Lipinski definition) is 3. The molecule has 1 unspecified atom stereocenters. The van der Waals surface area contributed by atoms with Gasteiger partial charge in [-0.3, -0.25) is 4.98 Å². The molecule has 0 saturated carbocycles. The molecule has 0 saturated heterocycles. The summed E-state index contributed by atoms with van der Waals surface area (Å²) in [5.41, 5.74) is 1.93. The Hall–Kier alpha value is -1.68. The third-order valence-corrected chi connectivity index (χ3v) is 2.77. The van der Waals surface area contributed by atoms with Crippen molar-refractivity contribution in [2.24, 2.45) is 0 Å². The van der Waals surface area contributed by atoms with E-state index in [-0.39, 0.29) is 0 Å². The smallest absolute Gasteiger partial charge is 0.0996 e. The molecule has 0 aliphatic heterocycles. The van der Waals surface area contributed by atoms with E-state index in [2.05, 4.69) is 23.8 Å². The molecule has 1 atom stereocenters. The summed E-state index contributed by atoms with van der Waals surface area (Å²) in [4.78, 5) is 8.06. The molecule has 4 nitrogen and oxygen atoms in total. The summed E-state index contributed by atoms with van der Waals surface area (Å²) >= 11 is 0. The van der Waals surface area contributed by atoms with E-state index in [4.69, 9.17) is 0 Å². The first-order valence-electron chi connectivity index (χ1n) is 5.77. The number of hydrogen-bond donors (Lipinski definition) is 1. The minimum absolute atomic E-state index is 0.305. The molecule has 0 aliphatic rings. The van der Waals surface area contributed by atoms with Gasteiger partial charge in [-0.2, -0.15) is 0 Å². The molecule has 1 N–H and O–H groups in total. The van der Waals surface area contributed by atoms with Gasteiger partial charge in [-0.05, 0) is 31.5 Å². The lowest BCUT2D eigenvalue weighted by Gasteiger charge is -2.16. The van der Waals surface area contributed by atoms with E-state index in [0.717, 1.165) is 11.3 Å². The van der Waals surface area contributed by atoms with Crippen LogP contribution in [0.15, 0.2) is 37.1 Å². The van der Waals surface area contributed by atoms with Crippen LogP contribution in [0.25, 0.3) is 0 Å². The molecule has 4 heteroatoms. The number of aromatic nitrogens is 3. The molecule has 90 valence electrons. The first-order chi connectivity index (χ1) is 8.18. The van der Waals surface area contributed by atoms with Gasteiger partial charge in [0.1, 0.15) is 0 Å². The Kier molecular flexibility index (Phi) is 3.54. The molecule has 0 fully saturated rings. The van der Waals surface area contributed by atoms with Crippen LogP contribution in [-0.2, 0) is 6.42 Å². The zero-order valence-corrected chi connectivity index (χ0v) is 10.1. The van der Waals surface area contributed by atoms with Gasteiger partial charge in [0.2, 0.25) is 0 Å². The topological polar surface area (TPSA) is 50.9 Å². The van der Waals surface area contributed by atoms with Crippen LogP contribution in [0.2, 0.25) is 0 Å². The van der Waals surface area contributed by atoms with E-state index in [9.17, 15) is 5.11 Å². The summed E-state index contributed by atoms with van der Waals surface area (Å²) in [5.74, 6) is 0. The number of nitrogens with zero attached hydrogens (tertiary/aromatic N) is 3. The highest BCUT2D eigenvalue weighted by Crippen LogP contribution is 2.20. The van der Waals surface area contributed by atoms with Crippen LogP contribution in [-0.4, -0.2) is 19.6 Å². The van der Waals surface area contributed by atoms with Crippen LogP contribution in [0, 0.1) is 0 Å². The lowest BCUT2D eigenvalue weighted by molar-refractivity contribution is 0.167. The summed E-state index contributed by atoms with van der Waals surface area (Å²) in [6.07, 6.45) is 7.02. The van der Waals surface area contributed by atoms with Crippen molar-refractivity contribution in [3.05, 3.63) is 48.3 Å². The fraction of sp³-hybridized carbons (Fsp3) is 0.385. The van der Waals surface area contributed by atoms with Gasteiger partial charge in [-0.15, -0.1) is 0 Å². The average Bonchev–Trinajstić information content (AvgIpc) is 2.79. The van der Waals surface area contributed by atoms with E-state index < -0.39 is 6.10 Å².